The van der Waals surface area contributed by atoms with Crippen LogP contribution >= 0.6 is 15.9 Å². The lowest BCUT2D eigenvalue weighted by molar-refractivity contribution is -0.187. The van der Waals surface area contributed by atoms with Crippen LogP contribution in [-0.2, 0) is 0 Å². The second kappa shape index (κ2) is 5.62. The van der Waals surface area contributed by atoms with Crippen LogP contribution in [0.4, 0.5) is 13.2 Å². The van der Waals surface area contributed by atoms with Gasteiger partial charge in [-0.05, 0) is 18.2 Å². The van der Waals surface area contributed by atoms with Crippen molar-refractivity contribution < 1.29 is 13.2 Å². The lowest BCUT2D eigenvalue weighted by Crippen LogP contribution is -2.49. The van der Waals surface area contributed by atoms with Crippen molar-refractivity contribution in [3.63, 3.8) is 0 Å². The Bertz CT molecular complexity index is 632. The quantitative estimate of drug-likeness (QED) is 0.858. The number of nitrogens with one attached hydrogen (secondary N) is 2. The van der Waals surface area contributed by atoms with Crippen LogP contribution in [0.5, 0.6) is 0 Å². The summed E-state index contributed by atoms with van der Waals surface area (Å²) in [5.74, 6) is 0. The number of hydrogen-bond donors (Lipinski definition) is 2. The van der Waals surface area contributed by atoms with Crippen LogP contribution < -0.4 is 5.32 Å². The van der Waals surface area contributed by atoms with Gasteiger partial charge in [0.1, 0.15) is 6.04 Å². The number of rotatable bonds is 2. The van der Waals surface area contributed by atoms with Gasteiger partial charge >= 0.3 is 6.18 Å². The number of nitrogens with zero attached hydrogens (tertiary/aromatic N) is 1. The Morgan fingerprint density at radius 3 is 2.57 bits per heavy atom. The summed E-state index contributed by atoms with van der Waals surface area (Å²) < 4.78 is 41.6. The lowest BCUT2D eigenvalue weighted by atomic mass is 10.0. The van der Waals surface area contributed by atoms with Gasteiger partial charge in [-0.2, -0.15) is 13.2 Å². The van der Waals surface area contributed by atoms with Gasteiger partial charge in [-0.25, -0.2) is 0 Å². The van der Waals surface area contributed by atoms with Crippen molar-refractivity contribution >= 4 is 26.8 Å². The Hall–Kier alpha value is -1.05. The summed E-state index contributed by atoms with van der Waals surface area (Å²) in [7, 11) is 0. The van der Waals surface area contributed by atoms with Crippen molar-refractivity contribution in [2.75, 3.05) is 26.2 Å². The molecule has 1 aliphatic heterocycles. The molecule has 2 N–H and O–H groups in total. The number of fused-ring (bicyclic) bond motifs is 1. The molecule has 3 nitrogen and oxygen atoms in total. The summed E-state index contributed by atoms with van der Waals surface area (Å²) in [5.41, 5.74) is 1.01. The van der Waals surface area contributed by atoms with Crippen LogP contribution in [0.2, 0.25) is 0 Å². The third kappa shape index (κ3) is 2.95. The van der Waals surface area contributed by atoms with Crippen LogP contribution in [0.3, 0.4) is 0 Å². The third-order valence-corrected chi connectivity index (χ3v) is 4.29. The maximum atomic E-state index is 13.6. The summed E-state index contributed by atoms with van der Waals surface area (Å²) in [6.07, 6.45) is -2.81. The number of hydrogen-bond acceptors (Lipinski definition) is 2. The summed E-state index contributed by atoms with van der Waals surface area (Å²) in [5, 5.41) is 3.70. The first-order valence-electron chi connectivity index (χ1n) is 6.75. The summed E-state index contributed by atoms with van der Waals surface area (Å²) in [6.45, 7) is 1.95. The first-order valence-corrected chi connectivity index (χ1v) is 7.54. The van der Waals surface area contributed by atoms with Crippen molar-refractivity contribution in [1.29, 1.82) is 0 Å². The van der Waals surface area contributed by atoms with E-state index in [1.807, 2.05) is 6.07 Å². The number of benzene rings is 1. The fraction of sp³-hybridized carbons (Fsp3) is 0.429. The van der Waals surface area contributed by atoms with Gasteiger partial charge in [0, 0.05) is 53.3 Å². The molecule has 21 heavy (non-hydrogen) atoms. The van der Waals surface area contributed by atoms with Crippen molar-refractivity contribution in [2.24, 2.45) is 0 Å². The van der Waals surface area contributed by atoms with Crippen molar-refractivity contribution in [2.45, 2.75) is 12.2 Å². The maximum Gasteiger partial charge on any atom is 0.408 e. The zero-order valence-corrected chi connectivity index (χ0v) is 12.8. The number of piperazine rings is 1. The molecule has 1 atom stereocenters. The molecule has 1 aromatic carbocycles. The van der Waals surface area contributed by atoms with Gasteiger partial charge in [0.2, 0.25) is 0 Å². The Labute approximate surface area is 128 Å². The first-order chi connectivity index (χ1) is 9.97. The zero-order valence-electron chi connectivity index (χ0n) is 11.2. The van der Waals surface area contributed by atoms with Gasteiger partial charge in [0.15, 0.2) is 0 Å². The molecule has 0 amide bonds. The smallest absolute Gasteiger partial charge is 0.361 e. The summed E-state index contributed by atoms with van der Waals surface area (Å²) in [4.78, 5) is 4.44. The minimum atomic E-state index is -4.30. The number of alkyl halides is 3. The monoisotopic (exact) mass is 361 g/mol. The highest BCUT2D eigenvalue weighted by Gasteiger charge is 2.45. The number of aromatic nitrogens is 1. The van der Waals surface area contributed by atoms with Crippen molar-refractivity contribution in [1.82, 2.24) is 15.2 Å². The molecule has 1 fully saturated rings. The van der Waals surface area contributed by atoms with E-state index in [1.54, 1.807) is 12.1 Å². The lowest BCUT2D eigenvalue weighted by Gasteiger charge is -2.35. The summed E-state index contributed by atoms with van der Waals surface area (Å²) >= 11 is 3.33. The average molecular weight is 362 g/mol. The Morgan fingerprint density at radius 1 is 1.19 bits per heavy atom. The highest BCUT2D eigenvalue weighted by Crippen LogP contribution is 2.41. The molecule has 0 radical (unpaired) electrons. The van der Waals surface area contributed by atoms with E-state index in [1.165, 1.54) is 11.1 Å². The second-order valence-corrected chi connectivity index (χ2v) is 6.08. The van der Waals surface area contributed by atoms with Crippen LogP contribution in [0.25, 0.3) is 10.9 Å². The van der Waals surface area contributed by atoms with Crippen LogP contribution in [0, 0.1) is 0 Å². The predicted octanol–water partition coefficient (Wildman–Crippen LogP) is 3.44. The van der Waals surface area contributed by atoms with Gasteiger partial charge in [-0.3, -0.25) is 4.90 Å². The van der Waals surface area contributed by atoms with E-state index < -0.39 is 12.2 Å². The van der Waals surface area contributed by atoms with Gasteiger partial charge < -0.3 is 10.3 Å². The van der Waals surface area contributed by atoms with E-state index in [4.69, 9.17) is 0 Å². The molecule has 1 saturated heterocycles. The van der Waals surface area contributed by atoms with E-state index >= 15 is 0 Å². The fourth-order valence-corrected chi connectivity index (χ4v) is 3.22. The molecule has 0 bridgehead atoms. The minimum Gasteiger partial charge on any atom is -0.361 e. The van der Waals surface area contributed by atoms with E-state index in [0.717, 1.165) is 9.99 Å². The number of halogens is 4. The molecule has 1 aliphatic rings. The summed E-state index contributed by atoms with van der Waals surface area (Å²) in [6, 6.07) is 3.77. The van der Waals surface area contributed by atoms with Crippen molar-refractivity contribution in [3.05, 3.63) is 34.4 Å². The molecule has 0 aliphatic carbocycles. The minimum absolute atomic E-state index is 0.292. The van der Waals surface area contributed by atoms with E-state index in [-0.39, 0.29) is 0 Å². The Balaban J connectivity index is 2.07. The molecule has 2 heterocycles. The normalized spacial score (nSPS) is 19.0. The second-order valence-electron chi connectivity index (χ2n) is 5.16. The highest BCUT2D eigenvalue weighted by atomic mass is 79.9. The number of H-pyrrole nitrogens is 1. The standard InChI is InChI=1S/C14H15BrF3N3/c15-9-1-2-12-10(7-9)11(8-20-12)13(14(16,17)18)21-5-3-19-4-6-21/h1-2,7-8,13,19-20H,3-6H2/t13-/m0/s1. The molecule has 7 heteroatoms. The van der Waals surface area contributed by atoms with E-state index in [2.05, 4.69) is 26.2 Å². The van der Waals surface area contributed by atoms with Crippen molar-refractivity contribution in [3.8, 4) is 0 Å². The Morgan fingerprint density at radius 2 is 1.90 bits per heavy atom. The van der Waals surface area contributed by atoms with Gasteiger partial charge in [0.05, 0.1) is 0 Å². The molecule has 2 aromatic rings. The average Bonchev–Trinajstić information content (AvgIpc) is 2.82. The molecule has 0 unspecified atom stereocenters. The van der Waals surface area contributed by atoms with Gasteiger partial charge in [-0.1, -0.05) is 15.9 Å². The zero-order chi connectivity index (χ0) is 15.0. The largest absolute Gasteiger partial charge is 0.408 e. The molecular weight excluding hydrogens is 347 g/mol. The first kappa shape index (κ1) is 14.9. The maximum absolute atomic E-state index is 13.6. The predicted molar refractivity (Wildman–Crippen MR) is 79.2 cm³/mol. The van der Waals surface area contributed by atoms with Crippen LogP contribution in [-0.4, -0.2) is 42.2 Å². The molecular formula is C14H15BrF3N3. The fourth-order valence-electron chi connectivity index (χ4n) is 2.86. The molecule has 0 saturated carbocycles. The van der Waals surface area contributed by atoms with Gasteiger partial charge in [0.25, 0.3) is 0 Å². The SMILES string of the molecule is FC(F)(F)[C@H](c1c[nH]c2ccc(Br)cc12)N1CCNCC1. The van der Waals surface area contributed by atoms with Gasteiger partial charge in [-0.15, -0.1) is 0 Å². The molecule has 3 rings (SSSR count). The molecule has 1 aromatic heterocycles. The Kier molecular flexibility index (Phi) is 3.98. The van der Waals surface area contributed by atoms with Crippen LogP contribution in [0.1, 0.15) is 11.6 Å². The van der Waals surface area contributed by atoms with Crippen LogP contribution in [0.15, 0.2) is 28.9 Å². The highest BCUT2D eigenvalue weighted by molar-refractivity contribution is 9.10. The topological polar surface area (TPSA) is 31.1 Å². The van der Waals surface area contributed by atoms with E-state index in [9.17, 15) is 13.2 Å². The molecule has 0 spiro atoms. The van der Waals surface area contributed by atoms with E-state index in [0.29, 0.717) is 37.1 Å². The number of aromatic amines is 1. The third-order valence-electron chi connectivity index (χ3n) is 3.80. The molecule has 114 valence electrons.